The number of carboxylic acids is 1. The number of hydrogen-bond donors (Lipinski definition) is 1. The molecule has 2 aromatic carbocycles. The number of benzene rings is 2. The summed E-state index contributed by atoms with van der Waals surface area (Å²) >= 11 is 1.44. The van der Waals surface area contributed by atoms with Gasteiger partial charge in [-0.15, -0.1) is 11.3 Å². The van der Waals surface area contributed by atoms with E-state index in [0.29, 0.717) is 6.61 Å². The Balaban J connectivity index is 2.08. The third-order valence-electron chi connectivity index (χ3n) is 3.79. The number of rotatable bonds is 6. The summed E-state index contributed by atoms with van der Waals surface area (Å²) in [7, 11) is 0. The van der Waals surface area contributed by atoms with E-state index < -0.39 is 5.97 Å². The molecule has 1 heterocycles. The van der Waals surface area contributed by atoms with E-state index in [1.165, 1.54) is 11.3 Å². The second kappa shape index (κ2) is 7.49. The van der Waals surface area contributed by atoms with Crippen LogP contribution in [0.15, 0.2) is 48.5 Å². The zero-order valence-electron chi connectivity index (χ0n) is 14.2. The van der Waals surface area contributed by atoms with Gasteiger partial charge in [-0.1, -0.05) is 30.3 Å². The van der Waals surface area contributed by atoms with E-state index in [1.54, 1.807) is 0 Å². The minimum Gasteiger partial charge on any atom is -0.494 e. The Labute approximate surface area is 150 Å². The van der Waals surface area contributed by atoms with Crippen LogP contribution in [-0.2, 0) is 11.2 Å². The first-order valence-corrected chi connectivity index (χ1v) is 8.91. The number of aromatic nitrogens is 1. The molecule has 0 aliphatic heterocycles. The van der Waals surface area contributed by atoms with E-state index in [9.17, 15) is 9.90 Å². The summed E-state index contributed by atoms with van der Waals surface area (Å²) in [6.45, 7) is 4.54. The number of carbonyl (C=O) groups is 1. The largest absolute Gasteiger partial charge is 0.494 e. The van der Waals surface area contributed by atoms with Crippen molar-refractivity contribution in [2.75, 3.05) is 6.61 Å². The van der Waals surface area contributed by atoms with Gasteiger partial charge in [0.05, 0.1) is 18.7 Å². The van der Waals surface area contributed by atoms with Gasteiger partial charge >= 0.3 is 5.97 Å². The van der Waals surface area contributed by atoms with Crippen molar-refractivity contribution in [1.29, 1.82) is 0 Å². The molecule has 0 saturated carbocycles. The van der Waals surface area contributed by atoms with Crippen molar-refractivity contribution in [1.82, 2.24) is 4.98 Å². The van der Waals surface area contributed by atoms with Gasteiger partial charge in [-0.25, -0.2) is 4.98 Å². The van der Waals surface area contributed by atoms with Gasteiger partial charge < -0.3 is 9.84 Å². The number of ether oxygens (including phenoxy) is 1. The second-order valence-electron chi connectivity index (χ2n) is 5.64. The highest BCUT2D eigenvalue weighted by Gasteiger charge is 2.18. The molecule has 25 heavy (non-hydrogen) atoms. The molecule has 0 bridgehead atoms. The molecule has 4 nitrogen and oxygen atoms in total. The third kappa shape index (κ3) is 3.88. The Morgan fingerprint density at radius 2 is 1.96 bits per heavy atom. The maximum Gasteiger partial charge on any atom is 0.308 e. The highest BCUT2D eigenvalue weighted by Crippen LogP contribution is 2.36. The lowest BCUT2D eigenvalue weighted by Gasteiger charge is -2.08. The summed E-state index contributed by atoms with van der Waals surface area (Å²) in [5.74, 6) is -0.0462. The molecule has 0 aliphatic carbocycles. The molecule has 0 radical (unpaired) electrons. The first-order valence-electron chi connectivity index (χ1n) is 8.09. The number of aliphatic carboxylic acids is 1. The van der Waals surface area contributed by atoms with Crippen LogP contribution in [0.25, 0.3) is 21.8 Å². The monoisotopic (exact) mass is 353 g/mol. The van der Waals surface area contributed by atoms with Gasteiger partial charge in [0.2, 0.25) is 0 Å². The van der Waals surface area contributed by atoms with E-state index in [0.717, 1.165) is 38.0 Å². The zero-order valence-corrected chi connectivity index (χ0v) is 15.0. The van der Waals surface area contributed by atoms with Crippen LogP contribution in [0.2, 0.25) is 0 Å². The van der Waals surface area contributed by atoms with Crippen LogP contribution in [0, 0.1) is 6.92 Å². The molecular weight excluding hydrogens is 334 g/mol. The van der Waals surface area contributed by atoms with E-state index >= 15 is 0 Å². The molecule has 0 spiro atoms. The number of thiazole rings is 1. The van der Waals surface area contributed by atoms with Crippen LogP contribution in [-0.4, -0.2) is 22.7 Å². The van der Waals surface area contributed by atoms with Gasteiger partial charge in [-0.3, -0.25) is 4.79 Å². The van der Waals surface area contributed by atoms with Crippen LogP contribution in [0.1, 0.15) is 17.4 Å². The van der Waals surface area contributed by atoms with Crippen molar-refractivity contribution < 1.29 is 14.6 Å². The molecule has 3 rings (SSSR count). The average Bonchev–Trinajstić information content (AvgIpc) is 2.99. The SMILES string of the molecule is CCOc1ccc(-c2nc(-c3ccccc3)sc2CC(=O)O)c(C)c1. The van der Waals surface area contributed by atoms with Gasteiger partial charge in [-0.05, 0) is 37.6 Å². The first-order chi connectivity index (χ1) is 12.1. The molecule has 128 valence electrons. The van der Waals surface area contributed by atoms with Crippen molar-refractivity contribution in [3.63, 3.8) is 0 Å². The molecule has 0 atom stereocenters. The van der Waals surface area contributed by atoms with Crippen LogP contribution in [0.4, 0.5) is 0 Å². The van der Waals surface area contributed by atoms with Crippen LogP contribution < -0.4 is 4.74 Å². The van der Waals surface area contributed by atoms with Crippen LogP contribution in [0.3, 0.4) is 0 Å². The predicted octanol–water partition coefficient (Wildman–Crippen LogP) is 4.81. The van der Waals surface area contributed by atoms with Crippen molar-refractivity contribution in [3.05, 3.63) is 59.0 Å². The fourth-order valence-corrected chi connectivity index (χ4v) is 3.75. The Kier molecular flexibility index (Phi) is 5.14. The first kappa shape index (κ1) is 17.2. The molecule has 5 heteroatoms. The summed E-state index contributed by atoms with van der Waals surface area (Å²) in [6, 6.07) is 15.6. The summed E-state index contributed by atoms with van der Waals surface area (Å²) in [5.41, 5.74) is 3.70. The lowest BCUT2D eigenvalue weighted by molar-refractivity contribution is -0.136. The van der Waals surface area contributed by atoms with E-state index in [2.05, 4.69) is 0 Å². The molecule has 0 saturated heterocycles. The summed E-state index contributed by atoms with van der Waals surface area (Å²) in [6.07, 6.45) is -0.0352. The highest BCUT2D eigenvalue weighted by atomic mass is 32.1. The Morgan fingerprint density at radius 3 is 2.60 bits per heavy atom. The summed E-state index contributed by atoms with van der Waals surface area (Å²) in [5, 5.41) is 10.1. The van der Waals surface area contributed by atoms with Gasteiger partial charge in [0, 0.05) is 16.0 Å². The zero-order chi connectivity index (χ0) is 17.8. The van der Waals surface area contributed by atoms with Crippen LogP contribution in [0.5, 0.6) is 5.75 Å². The lowest BCUT2D eigenvalue weighted by atomic mass is 10.0. The molecule has 1 N–H and O–H groups in total. The Bertz CT molecular complexity index is 887. The number of hydrogen-bond acceptors (Lipinski definition) is 4. The van der Waals surface area contributed by atoms with E-state index in [1.807, 2.05) is 62.4 Å². The maximum atomic E-state index is 11.3. The fourth-order valence-electron chi connectivity index (χ4n) is 2.68. The summed E-state index contributed by atoms with van der Waals surface area (Å²) in [4.78, 5) is 16.8. The minimum absolute atomic E-state index is 0.0352. The van der Waals surface area contributed by atoms with Crippen molar-refractivity contribution >= 4 is 17.3 Å². The number of aryl methyl sites for hydroxylation is 1. The number of carboxylic acid groups (broad SMARTS) is 1. The molecule has 1 aromatic heterocycles. The lowest BCUT2D eigenvalue weighted by Crippen LogP contribution is -2.00. The Hall–Kier alpha value is -2.66. The molecule has 0 aliphatic rings. The van der Waals surface area contributed by atoms with Crippen molar-refractivity contribution in [3.8, 4) is 27.6 Å². The standard InChI is InChI=1S/C20H19NO3S/c1-3-24-15-9-10-16(13(2)11-15)19-17(12-18(22)23)25-20(21-19)14-7-5-4-6-8-14/h4-11H,3,12H2,1-2H3,(H,22,23). The van der Waals surface area contributed by atoms with Crippen LogP contribution >= 0.6 is 11.3 Å². The second-order valence-corrected chi connectivity index (χ2v) is 6.72. The summed E-state index contributed by atoms with van der Waals surface area (Å²) < 4.78 is 5.53. The molecule has 0 unspecified atom stereocenters. The number of nitrogens with zero attached hydrogens (tertiary/aromatic N) is 1. The van der Waals surface area contributed by atoms with Gasteiger partial charge in [0.1, 0.15) is 10.8 Å². The van der Waals surface area contributed by atoms with Gasteiger partial charge in [0.15, 0.2) is 0 Å². The fraction of sp³-hybridized carbons (Fsp3) is 0.200. The van der Waals surface area contributed by atoms with Crippen molar-refractivity contribution in [2.45, 2.75) is 20.3 Å². The highest BCUT2D eigenvalue weighted by molar-refractivity contribution is 7.15. The van der Waals surface area contributed by atoms with E-state index in [4.69, 9.17) is 9.72 Å². The normalized spacial score (nSPS) is 10.6. The average molecular weight is 353 g/mol. The van der Waals surface area contributed by atoms with Gasteiger partial charge in [0.25, 0.3) is 0 Å². The molecule has 0 amide bonds. The molecular formula is C20H19NO3S. The van der Waals surface area contributed by atoms with Gasteiger partial charge in [-0.2, -0.15) is 0 Å². The Morgan fingerprint density at radius 1 is 1.20 bits per heavy atom. The minimum atomic E-state index is -0.854. The molecule has 3 aromatic rings. The molecule has 0 fully saturated rings. The quantitative estimate of drug-likeness (QED) is 0.691. The van der Waals surface area contributed by atoms with Crippen molar-refractivity contribution in [2.24, 2.45) is 0 Å². The third-order valence-corrected chi connectivity index (χ3v) is 4.90. The smallest absolute Gasteiger partial charge is 0.308 e. The van der Waals surface area contributed by atoms with E-state index in [-0.39, 0.29) is 6.42 Å². The predicted molar refractivity (Wildman–Crippen MR) is 100 cm³/mol. The maximum absolute atomic E-state index is 11.3. The topological polar surface area (TPSA) is 59.4 Å².